The number of benzene rings is 1. The SMILES string of the molecule is Cc1nccn1Cc1ccc(C(=O)NC2CC2)cc1. The first-order valence-electron chi connectivity index (χ1n) is 6.60. The second-order valence-electron chi connectivity index (χ2n) is 5.05. The molecule has 2 aromatic rings. The fraction of sp³-hybridized carbons (Fsp3) is 0.333. The third-order valence-corrected chi connectivity index (χ3v) is 3.41. The van der Waals surface area contributed by atoms with Gasteiger partial charge in [-0.3, -0.25) is 4.79 Å². The highest BCUT2D eigenvalue weighted by atomic mass is 16.1. The lowest BCUT2D eigenvalue weighted by atomic mass is 10.1. The fourth-order valence-corrected chi connectivity index (χ4v) is 2.03. The van der Waals surface area contributed by atoms with Crippen LogP contribution in [0.4, 0.5) is 0 Å². The fourth-order valence-electron chi connectivity index (χ4n) is 2.03. The van der Waals surface area contributed by atoms with E-state index in [1.807, 2.05) is 37.4 Å². The Balaban J connectivity index is 1.68. The molecular weight excluding hydrogens is 238 g/mol. The average molecular weight is 255 g/mol. The molecule has 1 aromatic carbocycles. The van der Waals surface area contributed by atoms with Crippen molar-refractivity contribution in [3.63, 3.8) is 0 Å². The Hall–Kier alpha value is -2.10. The standard InChI is InChI=1S/C15H17N3O/c1-11-16-8-9-18(11)10-12-2-4-13(5-3-12)15(19)17-14-6-7-14/h2-5,8-9,14H,6-7,10H2,1H3,(H,17,19). The van der Waals surface area contributed by atoms with Crippen molar-refractivity contribution in [3.05, 3.63) is 53.6 Å². The minimum Gasteiger partial charge on any atom is -0.349 e. The smallest absolute Gasteiger partial charge is 0.251 e. The van der Waals surface area contributed by atoms with Crippen molar-refractivity contribution in [3.8, 4) is 0 Å². The Bertz CT molecular complexity index is 582. The molecule has 19 heavy (non-hydrogen) atoms. The van der Waals surface area contributed by atoms with Gasteiger partial charge in [0.1, 0.15) is 5.82 Å². The van der Waals surface area contributed by atoms with Crippen LogP contribution < -0.4 is 5.32 Å². The van der Waals surface area contributed by atoms with Gasteiger partial charge in [-0.15, -0.1) is 0 Å². The summed E-state index contributed by atoms with van der Waals surface area (Å²) in [5.74, 6) is 1.03. The molecule has 1 N–H and O–H groups in total. The average Bonchev–Trinajstić information content (AvgIpc) is 3.14. The topological polar surface area (TPSA) is 46.9 Å². The van der Waals surface area contributed by atoms with Crippen LogP contribution in [0.15, 0.2) is 36.7 Å². The van der Waals surface area contributed by atoms with Gasteiger partial charge in [-0.05, 0) is 37.5 Å². The Morgan fingerprint density at radius 1 is 1.37 bits per heavy atom. The predicted octanol–water partition coefficient (Wildman–Crippen LogP) is 2.13. The summed E-state index contributed by atoms with van der Waals surface area (Å²) >= 11 is 0. The molecule has 1 saturated carbocycles. The number of nitrogens with one attached hydrogen (secondary N) is 1. The number of hydrogen-bond donors (Lipinski definition) is 1. The predicted molar refractivity (Wildman–Crippen MR) is 73.0 cm³/mol. The number of amides is 1. The maximum Gasteiger partial charge on any atom is 0.251 e. The Kier molecular flexibility index (Phi) is 3.07. The zero-order chi connectivity index (χ0) is 13.2. The maximum absolute atomic E-state index is 11.9. The van der Waals surface area contributed by atoms with Crippen LogP contribution in [0.5, 0.6) is 0 Å². The third kappa shape index (κ3) is 2.84. The van der Waals surface area contributed by atoms with Crippen LogP contribution in [0.1, 0.15) is 34.6 Å². The summed E-state index contributed by atoms with van der Waals surface area (Å²) in [6.45, 7) is 2.77. The largest absolute Gasteiger partial charge is 0.349 e. The summed E-state index contributed by atoms with van der Waals surface area (Å²) in [5.41, 5.74) is 1.90. The molecule has 98 valence electrons. The van der Waals surface area contributed by atoms with E-state index in [0.29, 0.717) is 6.04 Å². The second kappa shape index (κ2) is 4.88. The van der Waals surface area contributed by atoms with Crippen molar-refractivity contribution in [2.45, 2.75) is 32.4 Å². The molecule has 1 aliphatic rings. The molecule has 4 nitrogen and oxygen atoms in total. The Labute approximate surface area is 112 Å². The molecule has 3 rings (SSSR count). The first-order valence-corrected chi connectivity index (χ1v) is 6.60. The highest BCUT2D eigenvalue weighted by molar-refractivity contribution is 5.94. The molecule has 0 unspecified atom stereocenters. The van der Waals surface area contributed by atoms with Crippen molar-refractivity contribution in [2.75, 3.05) is 0 Å². The van der Waals surface area contributed by atoms with Crippen molar-refractivity contribution in [2.24, 2.45) is 0 Å². The van der Waals surface area contributed by atoms with Gasteiger partial charge < -0.3 is 9.88 Å². The summed E-state index contributed by atoms with van der Waals surface area (Å²) in [7, 11) is 0. The molecule has 0 radical (unpaired) electrons. The molecule has 0 saturated heterocycles. The summed E-state index contributed by atoms with van der Waals surface area (Å²) in [5, 5.41) is 2.99. The maximum atomic E-state index is 11.9. The monoisotopic (exact) mass is 255 g/mol. The number of hydrogen-bond acceptors (Lipinski definition) is 2. The molecule has 0 atom stereocenters. The third-order valence-electron chi connectivity index (χ3n) is 3.41. The second-order valence-corrected chi connectivity index (χ2v) is 5.05. The highest BCUT2D eigenvalue weighted by Gasteiger charge is 2.23. The van der Waals surface area contributed by atoms with Crippen LogP contribution >= 0.6 is 0 Å². The van der Waals surface area contributed by atoms with E-state index in [1.165, 1.54) is 5.56 Å². The van der Waals surface area contributed by atoms with Gasteiger partial charge in [-0.2, -0.15) is 0 Å². The first-order chi connectivity index (χ1) is 9.22. The number of carbonyl (C=O) groups is 1. The minimum absolute atomic E-state index is 0.0351. The molecule has 0 spiro atoms. The molecule has 0 bridgehead atoms. The van der Waals surface area contributed by atoms with E-state index in [-0.39, 0.29) is 5.91 Å². The summed E-state index contributed by atoms with van der Waals surface area (Å²) in [6, 6.07) is 8.18. The normalized spacial score (nSPS) is 14.4. The number of rotatable bonds is 4. The quantitative estimate of drug-likeness (QED) is 0.909. The lowest BCUT2D eigenvalue weighted by Gasteiger charge is -2.07. The number of carbonyl (C=O) groups excluding carboxylic acids is 1. The van der Waals surface area contributed by atoms with Crippen molar-refractivity contribution in [1.82, 2.24) is 14.9 Å². The van der Waals surface area contributed by atoms with E-state index >= 15 is 0 Å². The van der Waals surface area contributed by atoms with Crippen LogP contribution in [0, 0.1) is 6.92 Å². The van der Waals surface area contributed by atoms with Crippen molar-refractivity contribution >= 4 is 5.91 Å². The van der Waals surface area contributed by atoms with Gasteiger partial charge in [-0.1, -0.05) is 12.1 Å². The molecule has 1 aromatic heterocycles. The van der Waals surface area contributed by atoms with E-state index in [1.54, 1.807) is 6.20 Å². The molecule has 1 aliphatic carbocycles. The van der Waals surface area contributed by atoms with E-state index in [0.717, 1.165) is 30.8 Å². The molecule has 1 amide bonds. The Morgan fingerprint density at radius 2 is 2.11 bits per heavy atom. The van der Waals surface area contributed by atoms with E-state index in [9.17, 15) is 4.79 Å². The minimum atomic E-state index is 0.0351. The molecular formula is C15H17N3O. The first kappa shape index (κ1) is 12.0. The number of nitrogens with zero attached hydrogens (tertiary/aromatic N) is 2. The highest BCUT2D eigenvalue weighted by Crippen LogP contribution is 2.19. The molecule has 0 aliphatic heterocycles. The molecule has 1 heterocycles. The molecule has 1 fully saturated rings. The number of aromatic nitrogens is 2. The summed E-state index contributed by atoms with van der Waals surface area (Å²) < 4.78 is 2.08. The lowest BCUT2D eigenvalue weighted by Crippen LogP contribution is -2.25. The van der Waals surface area contributed by atoms with Gasteiger partial charge in [0.05, 0.1) is 0 Å². The Morgan fingerprint density at radius 3 is 2.68 bits per heavy atom. The molecule has 4 heteroatoms. The van der Waals surface area contributed by atoms with Crippen molar-refractivity contribution in [1.29, 1.82) is 0 Å². The lowest BCUT2D eigenvalue weighted by molar-refractivity contribution is 0.0951. The van der Waals surface area contributed by atoms with Gasteiger partial charge in [-0.25, -0.2) is 4.98 Å². The van der Waals surface area contributed by atoms with Crippen LogP contribution in [0.2, 0.25) is 0 Å². The van der Waals surface area contributed by atoms with Gasteiger partial charge >= 0.3 is 0 Å². The van der Waals surface area contributed by atoms with Gasteiger partial charge in [0, 0.05) is 30.5 Å². The zero-order valence-corrected chi connectivity index (χ0v) is 11.0. The van der Waals surface area contributed by atoms with Crippen molar-refractivity contribution < 1.29 is 4.79 Å². The van der Waals surface area contributed by atoms with Crippen LogP contribution in [-0.2, 0) is 6.54 Å². The summed E-state index contributed by atoms with van der Waals surface area (Å²) in [4.78, 5) is 16.0. The van der Waals surface area contributed by atoms with Gasteiger partial charge in [0.25, 0.3) is 5.91 Å². The summed E-state index contributed by atoms with van der Waals surface area (Å²) in [6.07, 6.45) is 5.99. The van der Waals surface area contributed by atoms with E-state index in [2.05, 4.69) is 14.9 Å². The van der Waals surface area contributed by atoms with Gasteiger partial charge in [0.15, 0.2) is 0 Å². The van der Waals surface area contributed by atoms with E-state index in [4.69, 9.17) is 0 Å². The number of imidazole rings is 1. The van der Waals surface area contributed by atoms with E-state index < -0.39 is 0 Å². The zero-order valence-electron chi connectivity index (χ0n) is 11.0. The number of aryl methyl sites for hydroxylation is 1. The van der Waals surface area contributed by atoms with Crippen LogP contribution in [0.3, 0.4) is 0 Å². The van der Waals surface area contributed by atoms with Crippen LogP contribution in [-0.4, -0.2) is 21.5 Å². The van der Waals surface area contributed by atoms with Crippen LogP contribution in [0.25, 0.3) is 0 Å². The van der Waals surface area contributed by atoms with Gasteiger partial charge in [0.2, 0.25) is 0 Å².